The van der Waals surface area contributed by atoms with Crippen molar-refractivity contribution >= 4 is 5.97 Å². The molecule has 0 saturated carbocycles. The zero-order valence-corrected chi connectivity index (χ0v) is 18.5. The zero-order valence-electron chi connectivity index (χ0n) is 18.5. The second kappa shape index (κ2) is 11.5. The van der Waals surface area contributed by atoms with Gasteiger partial charge in [-0.1, -0.05) is 136 Å². The number of carboxylic acids is 1. The van der Waals surface area contributed by atoms with Crippen LogP contribution < -0.4 is 0 Å². The molecule has 0 saturated heterocycles. The summed E-state index contributed by atoms with van der Waals surface area (Å²) in [6.45, 7) is 2.22. The van der Waals surface area contributed by atoms with Crippen LogP contribution in [-0.4, -0.2) is 11.1 Å². The van der Waals surface area contributed by atoms with Crippen LogP contribution >= 0.6 is 0 Å². The number of rotatable bonds is 12. The topological polar surface area (TPSA) is 37.3 Å². The first-order chi connectivity index (χ1) is 15.2. The lowest BCUT2D eigenvalue weighted by molar-refractivity contribution is -0.143. The van der Waals surface area contributed by atoms with Crippen LogP contribution in [0, 0.1) is 5.92 Å². The highest BCUT2D eigenvalue weighted by atomic mass is 16.4. The van der Waals surface area contributed by atoms with Gasteiger partial charge in [0.2, 0.25) is 0 Å². The van der Waals surface area contributed by atoms with Crippen LogP contribution in [0.25, 0.3) is 0 Å². The minimum absolute atomic E-state index is 0.550. The third-order valence-electron chi connectivity index (χ3n) is 6.35. The maximum Gasteiger partial charge on any atom is 0.308 e. The highest BCUT2D eigenvalue weighted by Gasteiger charge is 2.46. The van der Waals surface area contributed by atoms with Crippen molar-refractivity contribution in [2.75, 3.05) is 0 Å². The van der Waals surface area contributed by atoms with E-state index in [0.29, 0.717) is 6.42 Å². The van der Waals surface area contributed by atoms with Gasteiger partial charge in [-0.3, -0.25) is 4.79 Å². The van der Waals surface area contributed by atoms with Gasteiger partial charge in [0, 0.05) is 0 Å². The van der Waals surface area contributed by atoms with E-state index in [1.54, 1.807) is 0 Å². The molecule has 2 nitrogen and oxygen atoms in total. The zero-order chi connectivity index (χ0) is 21.9. The molecule has 3 aromatic carbocycles. The Morgan fingerprint density at radius 1 is 0.677 bits per heavy atom. The summed E-state index contributed by atoms with van der Waals surface area (Å²) < 4.78 is 0. The number of hydrogen-bond donors (Lipinski definition) is 1. The molecule has 1 unspecified atom stereocenters. The Morgan fingerprint density at radius 3 is 1.45 bits per heavy atom. The summed E-state index contributed by atoms with van der Waals surface area (Å²) in [5.41, 5.74) is 2.36. The van der Waals surface area contributed by atoms with E-state index in [9.17, 15) is 9.90 Å². The Morgan fingerprint density at radius 2 is 1.06 bits per heavy atom. The van der Waals surface area contributed by atoms with Crippen molar-refractivity contribution in [1.29, 1.82) is 0 Å². The van der Waals surface area contributed by atoms with Crippen molar-refractivity contribution in [3.63, 3.8) is 0 Å². The molecule has 0 spiro atoms. The summed E-state index contributed by atoms with van der Waals surface area (Å²) in [5.74, 6) is -1.28. The van der Waals surface area contributed by atoms with Crippen molar-refractivity contribution in [3.8, 4) is 0 Å². The summed E-state index contributed by atoms with van der Waals surface area (Å²) in [6.07, 6.45) is 7.54. The highest BCUT2D eigenvalue weighted by Crippen LogP contribution is 2.47. The summed E-state index contributed by atoms with van der Waals surface area (Å²) in [5, 5.41) is 10.5. The van der Waals surface area contributed by atoms with Gasteiger partial charge in [-0.15, -0.1) is 0 Å². The Kier molecular flexibility index (Phi) is 8.46. The third kappa shape index (κ3) is 5.25. The van der Waals surface area contributed by atoms with E-state index in [2.05, 4.69) is 43.3 Å². The predicted octanol–water partition coefficient (Wildman–Crippen LogP) is 7.47. The normalized spacial score (nSPS) is 12.4. The first-order valence-electron chi connectivity index (χ1n) is 11.6. The second-order valence-corrected chi connectivity index (χ2v) is 8.35. The van der Waals surface area contributed by atoms with Gasteiger partial charge >= 0.3 is 5.97 Å². The van der Waals surface area contributed by atoms with Crippen LogP contribution in [0.1, 0.15) is 68.6 Å². The number of unbranched alkanes of at least 4 members (excludes halogenated alkanes) is 5. The van der Waals surface area contributed by atoms with Crippen molar-refractivity contribution in [2.45, 2.75) is 57.3 Å². The van der Waals surface area contributed by atoms with Gasteiger partial charge in [-0.05, 0) is 23.1 Å². The first kappa shape index (κ1) is 22.8. The van der Waals surface area contributed by atoms with Gasteiger partial charge in [0.05, 0.1) is 11.3 Å². The Labute approximate surface area is 187 Å². The van der Waals surface area contributed by atoms with Crippen molar-refractivity contribution < 1.29 is 9.90 Å². The average molecular weight is 415 g/mol. The number of hydrogen-bond acceptors (Lipinski definition) is 1. The fraction of sp³-hybridized carbons (Fsp3) is 0.345. The van der Waals surface area contributed by atoms with Crippen LogP contribution in [0.4, 0.5) is 0 Å². The van der Waals surface area contributed by atoms with Crippen LogP contribution in [-0.2, 0) is 10.2 Å². The fourth-order valence-corrected chi connectivity index (χ4v) is 4.86. The first-order valence-corrected chi connectivity index (χ1v) is 11.6. The lowest BCUT2D eigenvalue weighted by Crippen LogP contribution is -2.42. The van der Waals surface area contributed by atoms with Crippen LogP contribution in [0.15, 0.2) is 91.0 Å². The van der Waals surface area contributed by atoms with E-state index in [4.69, 9.17) is 0 Å². The maximum absolute atomic E-state index is 12.8. The molecule has 1 atom stereocenters. The lowest BCUT2D eigenvalue weighted by Gasteiger charge is -2.41. The summed E-state index contributed by atoms with van der Waals surface area (Å²) >= 11 is 0. The second-order valence-electron chi connectivity index (χ2n) is 8.35. The molecule has 2 heteroatoms. The Balaban J connectivity index is 2.10. The largest absolute Gasteiger partial charge is 0.481 e. The lowest BCUT2D eigenvalue weighted by atomic mass is 9.60. The van der Waals surface area contributed by atoms with Gasteiger partial charge in [-0.25, -0.2) is 0 Å². The molecular formula is C29H34O2. The Bertz CT molecular complexity index is 807. The third-order valence-corrected chi connectivity index (χ3v) is 6.35. The van der Waals surface area contributed by atoms with Crippen molar-refractivity contribution in [3.05, 3.63) is 108 Å². The van der Waals surface area contributed by atoms with Gasteiger partial charge in [0.15, 0.2) is 0 Å². The standard InChI is InChI=1S/C29H34O2/c1-2-3-4-5-6-16-23-27(28(30)31)29(24-17-10-7-11-18-24,25-19-12-8-13-20-25)26-21-14-9-15-22-26/h7-15,17-22,27H,2-6,16,23H2,1H3,(H,30,31). The van der Waals surface area contributed by atoms with Crippen LogP contribution in [0.2, 0.25) is 0 Å². The van der Waals surface area contributed by atoms with Crippen molar-refractivity contribution in [2.24, 2.45) is 5.92 Å². The molecule has 0 aliphatic carbocycles. The molecule has 3 aromatic rings. The summed E-state index contributed by atoms with van der Waals surface area (Å²) in [4.78, 5) is 12.8. The molecule has 0 amide bonds. The number of carboxylic acid groups (broad SMARTS) is 1. The quantitative estimate of drug-likeness (QED) is 0.246. The molecule has 0 heterocycles. The molecule has 1 N–H and O–H groups in total. The molecule has 0 bridgehead atoms. The van der Waals surface area contributed by atoms with Crippen molar-refractivity contribution in [1.82, 2.24) is 0 Å². The monoisotopic (exact) mass is 414 g/mol. The van der Waals surface area contributed by atoms with Gasteiger partial charge in [0.1, 0.15) is 0 Å². The molecule has 0 aliphatic rings. The van der Waals surface area contributed by atoms with Gasteiger partial charge in [-0.2, -0.15) is 0 Å². The van der Waals surface area contributed by atoms with E-state index < -0.39 is 17.3 Å². The molecule has 0 aliphatic heterocycles. The fourth-order valence-electron chi connectivity index (χ4n) is 4.86. The molecular weight excluding hydrogens is 380 g/mol. The average Bonchev–Trinajstić information content (AvgIpc) is 2.82. The SMILES string of the molecule is CCCCCCCCC(C(=O)O)C(c1ccccc1)(c1ccccc1)c1ccccc1. The van der Waals surface area contributed by atoms with E-state index >= 15 is 0 Å². The predicted molar refractivity (Wildman–Crippen MR) is 128 cm³/mol. The molecule has 0 fully saturated rings. The summed E-state index contributed by atoms with van der Waals surface area (Å²) in [7, 11) is 0. The molecule has 31 heavy (non-hydrogen) atoms. The minimum Gasteiger partial charge on any atom is -0.481 e. The smallest absolute Gasteiger partial charge is 0.308 e. The highest BCUT2D eigenvalue weighted by molar-refractivity contribution is 5.76. The van der Waals surface area contributed by atoms with Gasteiger partial charge < -0.3 is 5.11 Å². The molecule has 0 radical (unpaired) electrons. The molecule has 162 valence electrons. The molecule has 0 aromatic heterocycles. The van der Waals surface area contributed by atoms with E-state index in [0.717, 1.165) is 29.5 Å². The maximum atomic E-state index is 12.8. The number of aliphatic carboxylic acids is 1. The minimum atomic E-state index is -0.737. The van der Waals surface area contributed by atoms with E-state index in [-0.39, 0.29) is 0 Å². The number of benzene rings is 3. The van der Waals surface area contributed by atoms with Crippen LogP contribution in [0.3, 0.4) is 0 Å². The van der Waals surface area contributed by atoms with E-state index in [1.807, 2.05) is 54.6 Å². The van der Waals surface area contributed by atoms with E-state index in [1.165, 1.54) is 25.7 Å². The number of carbonyl (C=O) groups is 1. The molecule has 3 rings (SSSR count). The van der Waals surface area contributed by atoms with Crippen LogP contribution in [0.5, 0.6) is 0 Å². The van der Waals surface area contributed by atoms with Gasteiger partial charge in [0.25, 0.3) is 0 Å². The Hall–Kier alpha value is -2.87. The summed E-state index contributed by atoms with van der Waals surface area (Å²) in [6, 6.07) is 30.5.